The number of aromatic nitrogens is 2. The highest BCUT2D eigenvalue weighted by Crippen LogP contribution is 2.37. The highest BCUT2D eigenvalue weighted by atomic mass is 35.5. The molecule has 0 aromatic carbocycles. The van der Waals surface area contributed by atoms with E-state index in [4.69, 9.17) is 23.2 Å². The summed E-state index contributed by atoms with van der Waals surface area (Å²) in [5, 5.41) is 0.409. The van der Waals surface area contributed by atoms with E-state index < -0.39 is 11.6 Å². The Labute approximate surface area is 124 Å². The van der Waals surface area contributed by atoms with Crippen LogP contribution in [0.1, 0.15) is 32.1 Å². The molecule has 0 unspecified atom stereocenters. The third kappa shape index (κ3) is 1.76. The predicted molar refractivity (Wildman–Crippen MR) is 75.6 cm³/mol. The second kappa shape index (κ2) is 4.36. The monoisotopic (exact) mass is 306 g/mol. The van der Waals surface area contributed by atoms with Crippen molar-refractivity contribution in [3.05, 3.63) is 44.7 Å². The zero-order valence-electron chi connectivity index (χ0n) is 10.6. The van der Waals surface area contributed by atoms with Gasteiger partial charge < -0.3 is 0 Å². The zero-order valence-corrected chi connectivity index (χ0v) is 12.1. The maximum Gasteiger partial charge on any atom is 0.237 e. The minimum atomic E-state index is -0.697. The molecule has 0 bridgehead atoms. The molecule has 20 heavy (non-hydrogen) atoms. The quantitative estimate of drug-likeness (QED) is 0.699. The SMILES string of the molecule is Cc1cc(Cl)c2c(n1)-c1nc(C)cc(Cl)c1C(=O)C2=O. The number of hydrogen-bond donors (Lipinski definition) is 0. The molecule has 0 spiro atoms. The van der Waals surface area contributed by atoms with Gasteiger partial charge in [0.25, 0.3) is 0 Å². The topological polar surface area (TPSA) is 59.9 Å². The third-order valence-corrected chi connectivity index (χ3v) is 3.68. The van der Waals surface area contributed by atoms with Gasteiger partial charge in [-0.05, 0) is 26.0 Å². The average Bonchev–Trinajstić information content (AvgIpc) is 2.34. The summed E-state index contributed by atoms with van der Waals surface area (Å²) in [5.41, 5.74) is 2.12. The second-order valence-electron chi connectivity index (χ2n) is 4.60. The van der Waals surface area contributed by atoms with Crippen LogP contribution < -0.4 is 0 Å². The summed E-state index contributed by atoms with van der Waals surface area (Å²) in [6.07, 6.45) is 0. The number of nitrogens with zero attached hydrogens (tertiary/aromatic N) is 2. The molecule has 0 atom stereocenters. The van der Waals surface area contributed by atoms with Crippen molar-refractivity contribution in [1.29, 1.82) is 0 Å². The van der Waals surface area contributed by atoms with E-state index in [9.17, 15) is 9.59 Å². The summed E-state index contributed by atoms with van der Waals surface area (Å²) in [6, 6.07) is 3.10. The molecule has 1 aliphatic carbocycles. The van der Waals surface area contributed by atoms with Crippen LogP contribution in [-0.4, -0.2) is 21.5 Å². The van der Waals surface area contributed by atoms with Gasteiger partial charge in [0, 0.05) is 11.4 Å². The minimum absolute atomic E-state index is 0.101. The molecule has 1 aliphatic rings. The summed E-state index contributed by atoms with van der Waals surface area (Å²) in [4.78, 5) is 33.0. The fourth-order valence-electron chi connectivity index (χ4n) is 2.27. The van der Waals surface area contributed by atoms with Gasteiger partial charge in [-0.3, -0.25) is 19.6 Å². The molecule has 0 fully saturated rings. The highest BCUT2D eigenvalue weighted by molar-refractivity contribution is 6.57. The Morgan fingerprint density at radius 1 is 0.800 bits per heavy atom. The Morgan fingerprint density at radius 2 is 1.15 bits per heavy atom. The smallest absolute Gasteiger partial charge is 0.237 e. The number of pyridine rings is 2. The van der Waals surface area contributed by atoms with Crippen molar-refractivity contribution in [1.82, 2.24) is 9.97 Å². The standard InChI is InChI=1S/C14H8Cl2N2O2/c1-5-3-7(15)9-11(17-5)12-10(14(20)13(9)19)8(16)4-6(2)18-12/h3-4H,1-2H3. The Bertz CT molecular complexity index is 733. The lowest BCUT2D eigenvalue weighted by molar-refractivity contribution is 0.0815. The molecule has 2 aromatic heterocycles. The predicted octanol–water partition coefficient (Wildman–Crippen LogP) is 3.45. The van der Waals surface area contributed by atoms with Gasteiger partial charge in [0.2, 0.25) is 11.6 Å². The van der Waals surface area contributed by atoms with Gasteiger partial charge in [0.1, 0.15) is 11.4 Å². The fraction of sp³-hybridized carbons (Fsp3) is 0.143. The van der Waals surface area contributed by atoms with E-state index in [1.54, 1.807) is 26.0 Å². The van der Waals surface area contributed by atoms with Crippen LogP contribution in [0.5, 0.6) is 0 Å². The molecule has 4 nitrogen and oxygen atoms in total. The van der Waals surface area contributed by atoms with Crippen LogP contribution >= 0.6 is 23.2 Å². The van der Waals surface area contributed by atoms with Crippen LogP contribution in [-0.2, 0) is 0 Å². The number of Topliss-reactive ketones (excluding diaryl/α,β-unsaturated/α-hetero) is 2. The molecule has 6 heteroatoms. The van der Waals surface area contributed by atoms with Crippen LogP contribution in [0.4, 0.5) is 0 Å². The van der Waals surface area contributed by atoms with Gasteiger partial charge >= 0.3 is 0 Å². The van der Waals surface area contributed by atoms with Gasteiger partial charge in [0.15, 0.2) is 0 Å². The highest BCUT2D eigenvalue weighted by Gasteiger charge is 2.36. The van der Waals surface area contributed by atoms with Crippen molar-refractivity contribution in [2.45, 2.75) is 13.8 Å². The van der Waals surface area contributed by atoms with Crippen molar-refractivity contribution in [3.63, 3.8) is 0 Å². The van der Waals surface area contributed by atoms with Crippen LogP contribution in [0.15, 0.2) is 12.1 Å². The fourth-order valence-corrected chi connectivity index (χ4v) is 2.93. The van der Waals surface area contributed by atoms with E-state index in [2.05, 4.69) is 9.97 Å². The maximum atomic E-state index is 12.2. The van der Waals surface area contributed by atoms with Crippen LogP contribution in [0.3, 0.4) is 0 Å². The molecule has 0 radical (unpaired) electrons. The summed E-state index contributed by atoms with van der Waals surface area (Å²) in [5.74, 6) is -1.39. The molecule has 0 aliphatic heterocycles. The van der Waals surface area contributed by atoms with Gasteiger partial charge in [-0.1, -0.05) is 23.2 Å². The lowest BCUT2D eigenvalue weighted by Crippen LogP contribution is -2.24. The summed E-state index contributed by atoms with van der Waals surface area (Å²) in [6.45, 7) is 3.51. The molecule has 0 saturated carbocycles. The number of aryl methyl sites for hydroxylation is 2. The lowest BCUT2D eigenvalue weighted by Gasteiger charge is -2.19. The largest absolute Gasteiger partial charge is 0.285 e. The first-order chi connectivity index (χ1) is 9.40. The lowest BCUT2D eigenvalue weighted by atomic mass is 9.90. The number of hydrogen-bond acceptors (Lipinski definition) is 4. The first-order valence-electron chi connectivity index (χ1n) is 5.84. The first kappa shape index (κ1) is 13.2. The van der Waals surface area contributed by atoms with Crippen molar-refractivity contribution in [2.75, 3.05) is 0 Å². The number of fused-ring (bicyclic) bond motifs is 3. The summed E-state index contributed by atoms with van der Waals surface area (Å²) < 4.78 is 0. The van der Waals surface area contributed by atoms with E-state index in [0.29, 0.717) is 22.8 Å². The number of ketones is 2. The molecule has 2 aromatic rings. The second-order valence-corrected chi connectivity index (χ2v) is 5.41. The van der Waals surface area contributed by atoms with Crippen molar-refractivity contribution in [2.24, 2.45) is 0 Å². The third-order valence-electron chi connectivity index (χ3n) is 3.08. The molecule has 100 valence electrons. The van der Waals surface area contributed by atoms with Crippen molar-refractivity contribution >= 4 is 34.8 Å². The van der Waals surface area contributed by atoms with E-state index >= 15 is 0 Å². The van der Waals surface area contributed by atoms with Crippen LogP contribution in [0.25, 0.3) is 11.4 Å². The normalized spacial score (nSPS) is 13.2. The molecular formula is C14H8Cl2N2O2. The van der Waals surface area contributed by atoms with Crippen molar-refractivity contribution in [3.8, 4) is 11.4 Å². The number of carbonyl (C=O) groups excluding carboxylic acids is 2. The molecule has 0 amide bonds. The molecule has 2 heterocycles. The molecule has 3 rings (SSSR count). The van der Waals surface area contributed by atoms with E-state index in [0.717, 1.165) is 0 Å². The van der Waals surface area contributed by atoms with Gasteiger partial charge in [-0.25, -0.2) is 0 Å². The molecule has 0 saturated heterocycles. The van der Waals surface area contributed by atoms with E-state index in [-0.39, 0.29) is 21.2 Å². The number of carbonyl (C=O) groups is 2. The number of halogens is 2. The minimum Gasteiger partial charge on any atom is -0.285 e. The van der Waals surface area contributed by atoms with Gasteiger partial charge in [-0.2, -0.15) is 0 Å². The van der Waals surface area contributed by atoms with Crippen LogP contribution in [0.2, 0.25) is 10.0 Å². The first-order valence-corrected chi connectivity index (χ1v) is 6.59. The van der Waals surface area contributed by atoms with E-state index in [1.807, 2.05) is 0 Å². The maximum absolute atomic E-state index is 12.2. The van der Waals surface area contributed by atoms with Gasteiger partial charge in [-0.15, -0.1) is 0 Å². The average molecular weight is 307 g/mol. The molecule has 0 N–H and O–H groups in total. The number of rotatable bonds is 0. The Morgan fingerprint density at radius 3 is 1.50 bits per heavy atom. The summed E-state index contributed by atoms with van der Waals surface area (Å²) in [7, 11) is 0. The summed E-state index contributed by atoms with van der Waals surface area (Å²) >= 11 is 12.2. The molecular weight excluding hydrogens is 299 g/mol. The Balaban J connectivity index is 2.49. The van der Waals surface area contributed by atoms with E-state index in [1.165, 1.54) is 0 Å². The Kier molecular flexibility index (Phi) is 2.88. The zero-order chi connectivity index (χ0) is 14.6. The van der Waals surface area contributed by atoms with Gasteiger partial charge in [0.05, 0.1) is 21.2 Å². The van der Waals surface area contributed by atoms with Crippen molar-refractivity contribution < 1.29 is 9.59 Å². The van der Waals surface area contributed by atoms with Crippen LogP contribution in [0, 0.1) is 13.8 Å². The Hall–Kier alpha value is -1.78.